The molecule has 8 heteroatoms. The van der Waals surface area contributed by atoms with Gasteiger partial charge in [-0.1, -0.05) is 6.07 Å². The molecule has 0 aliphatic heterocycles. The van der Waals surface area contributed by atoms with Gasteiger partial charge in [0.25, 0.3) is 0 Å². The first-order chi connectivity index (χ1) is 9.97. The van der Waals surface area contributed by atoms with E-state index in [0.717, 1.165) is 30.6 Å². The van der Waals surface area contributed by atoms with Gasteiger partial charge in [-0.25, -0.2) is 13.1 Å². The number of hydrogen-bond acceptors (Lipinski definition) is 5. The Hall–Kier alpha value is -0.960. The first kappa shape index (κ1) is 16.4. The summed E-state index contributed by atoms with van der Waals surface area (Å²) >= 11 is 1.14. The van der Waals surface area contributed by atoms with Crippen LogP contribution in [0.4, 0.5) is 0 Å². The fraction of sp³-hybridized carbons (Fsp3) is 0.615. The van der Waals surface area contributed by atoms with Crippen molar-refractivity contribution in [2.75, 3.05) is 13.1 Å². The molecule has 1 heterocycles. The molecule has 2 unspecified atom stereocenters. The monoisotopic (exact) mass is 332 g/mol. The number of aliphatic hydroxyl groups is 1. The van der Waals surface area contributed by atoms with Gasteiger partial charge in [-0.05, 0) is 36.6 Å². The van der Waals surface area contributed by atoms with Gasteiger partial charge in [0, 0.05) is 19.5 Å². The minimum absolute atomic E-state index is 0.0827. The van der Waals surface area contributed by atoms with Crippen molar-refractivity contribution in [3.63, 3.8) is 0 Å². The van der Waals surface area contributed by atoms with E-state index in [2.05, 4.69) is 10.0 Å². The highest BCUT2D eigenvalue weighted by Crippen LogP contribution is 2.24. The Balaban J connectivity index is 1.65. The van der Waals surface area contributed by atoms with Gasteiger partial charge >= 0.3 is 0 Å². The number of nitrogens with one attached hydrogen (secondary N) is 2. The van der Waals surface area contributed by atoms with E-state index >= 15 is 0 Å². The molecule has 1 aliphatic carbocycles. The molecule has 2 rings (SSSR count). The highest BCUT2D eigenvalue weighted by Gasteiger charge is 2.23. The molecule has 2 atom stereocenters. The molecule has 1 fully saturated rings. The summed E-state index contributed by atoms with van der Waals surface area (Å²) < 4.78 is 26.3. The molecule has 1 aromatic rings. The van der Waals surface area contributed by atoms with Gasteiger partial charge in [-0.15, -0.1) is 11.3 Å². The summed E-state index contributed by atoms with van der Waals surface area (Å²) in [5, 5.41) is 13.9. The van der Waals surface area contributed by atoms with Crippen LogP contribution in [0.3, 0.4) is 0 Å². The third kappa shape index (κ3) is 5.06. The van der Waals surface area contributed by atoms with Crippen LogP contribution in [0, 0.1) is 5.92 Å². The first-order valence-corrected chi connectivity index (χ1v) is 9.31. The molecular formula is C13H20N2O4S2. The largest absolute Gasteiger partial charge is 0.393 e. The average Bonchev–Trinajstić information content (AvgIpc) is 3.07. The lowest BCUT2D eigenvalue weighted by Gasteiger charge is -2.11. The summed E-state index contributed by atoms with van der Waals surface area (Å²) in [6.07, 6.45) is 2.31. The molecule has 21 heavy (non-hydrogen) atoms. The molecule has 1 aromatic heterocycles. The van der Waals surface area contributed by atoms with Gasteiger partial charge in [0.05, 0.1) is 6.10 Å². The van der Waals surface area contributed by atoms with E-state index in [-0.39, 0.29) is 29.2 Å². The number of thiophene rings is 1. The Bertz CT molecular complexity index is 557. The Labute approximate surface area is 128 Å². The van der Waals surface area contributed by atoms with E-state index in [0.29, 0.717) is 12.5 Å². The standard InChI is InChI=1S/C13H20N2O4S2/c16-11-4-3-10(8-11)9-14-12(17)5-6-15-21(18,19)13-2-1-7-20-13/h1-2,7,10-11,15-16H,3-6,8-9H2,(H,14,17). The molecule has 1 saturated carbocycles. The van der Waals surface area contributed by atoms with Crippen LogP contribution in [-0.4, -0.2) is 38.6 Å². The van der Waals surface area contributed by atoms with E-state index in [1.807, 2.05) is 0 Å². The maximum absolute atomic E-state index is 11.8. The highest BCUT2D eigenvalue weighted by atomic mass is 32.2. The average molecular weight is 332 g/mol. The Kier molecular flexibility index (Phi) is 5.74. The van der Waals surface area contributed by atoms with Crippen molar-refractivity contribution in [2.45, 2.75) is 36.0 Å². The van der Waals surface area contributed by atoms with Crippen LogP contribution in [0.1, 0.15) is 25.7 Å². The molecule has 118 valence electrons. The van der Waals surface area contributed by atoms with Gasteiger partial charge < -0.3 is 10.4 Å². The highest BCUT2D eigenvalue weighted by molar-refractivity contribution is 7.91. The van der Waals surface area contributed by atoms with E-state index in [1.165, 1.54) is 6.07 Å². The summed E-state index contributed by atoms with van der Waals surface area (Å²) in [6, 6.07) is 3.19. The van der Waals surface area contributed by atoms with Crippen molar-refractivity contribution < 1.29 is 18.3 Å². The minimum atomic E-state index is -3.50. The second kappa shape index (κ2) is 7.35. The van der Waals surface area contributed by atoms with E-state index in [9.17, 15) is 18.3 Å². The fourth-order valence-corrected chi connectivity index (χ4v) is 4.44. The topological polar surface area (TPSA) is 95.5 Å². The van der Waals surface area contributed by atoms with Crippen LogP contribution < -0.4 is 10.0 Å². The van der Waals surface area contributed by atoms with Crippen molar-refractivity contribution in [3.05, 3.63) is 17.5 Å². The zero-order valence-electron chi connectivity index (χ0n) is 11.6. The fourth-order valence-electron chi connectivity index (χ4n) is 2.37. The van der Waals surface area contributed by atoms with Crippen molar-refractivity contribution >= 4 is 27.3 Å². The van der Waals surface area contributed by atoms with Gasteiger partial charge in [-0.3, -0.25) is 4.79 Å². The number of hydrogen-bond donors (Lipinski definition) is 3. The lowest BCUT2D eigenvalue weighted by atomic mass is 10.1. The molecule has 1 aliphatic rings. The smallest absolute Gasteiger partial charge is 0.250 e. The molecule has 0 radical (unpaired) electrons. The van der Waals surface area contributed by atoms with Crippen molar-refractivity contribution in [1.82, 2.24) is 10.0 Å². The SMILES string of the molecule is O=C(CCNS(=O)(=O)c1cccs1)NCC1CCC(O)C1. The van der Waals surface area contributed by atoms with E-state index in [1.54, 1.807) is 11.4 Å². The second-order valence-electron chi connectivity index (χ2n) is 5.22. The quantitative estimate of drug-likeness (QED) is 0.685. The second-order valence-corrected chi connectivity index (χ2v) is 8.16. The summed E-state index contributed by atoms with van der Waals surface area (Å²) in [6.45, 7) is 0.632. The van der Waals surface area contributed by atoms with Crippen LogP contribution in [-0.2, 0) is 14.8 Å². The van der Waals surface area contributed by atoms with E-state index in [4.69, 9.17) is 0 Å². The molecule has 0 spiro atoms. The van der Waals surface area contributed by atoms with Gasteiger partial charge in [0.1, 0.15) is 4.21 Å². The van der Waals surface area contributed by atoms with Crippen LogP contribution >= 0.6 is 11.3 Å². The summed E-state index contributed by atoms with van der Waals surface area (Å²) in [7, 11) is -3.50. The third-order valence-electron chi connectivity index (χ3n) is 3.51. The zero-order chi connectivity index (χ0) is 15.3. The minimum Gasteiger partial charge on any atom is -0.393 e. The summed E-state index contributed by atoms with van der Waals surface area (Å²) in [4.78, 5) is 11.6. The van der Waals surface area contributed by atoms with Gasteiger partial charge in [-0.2, -0.15) is 0 Å². The summed E-state index contributed by atoms with van der Waals surface area (Å²) in [5.41, 5.74) is 0. The molecule has 6 nitrogen and oxygen atoms in total. The zero-order valence-corrected chi connectivity index (χ0v) is 13.3. The molecule has 1 amide bonds. The van der Waals surface area contributed by atoms with Crippen molar-refractivity contribution in [1.29, 1.82) is 0 Å². The maximum atomic E-state index is 11.8. The van der Waals surface area contributed by atoms with Crippen LogP contribution in [0.2, 0.25) is 0 Å². The predicted molar refractivity (Wildman–Crippen MR) is 80.5 cm³/mol. The number of rotatable bonds is 7. The van der Waals surface area contributed by atoms with Crippen LogP contribution in [0.25, 0.3) is 0 Å². The normalized spacial score (nSPS) is 22.3. The molecular weight excluding hydrogens is 312 g/mol. The Morgan fingerprint density at radius 2 is 2.24 bits per heavy atom. The maximum Gasteiger partial charge on any atom is 0.250 e. The van der Waals surface area contributed by atoms with Crippen molar-refractivity contribution in [3.8, 4) is 0 Å². The Morgan fingerprint density at radius 3 is 2.86 bits per heavy atom. The molecule has 0 aromatic carbocycles. The predicted octanol–water partition coefficient (Wildman–Crippen LogP) is 0.694. The number of amides is 1. The van der Waals surface area contributed by atoms with Gasteiger partial charge in [0.15, 0.2) is 0 Å². The van der Waals surface area contributed by atoms with E-state index < -0.39 is 10.0 Å². The third-order valence-corrected chi connectivity index (χ3v) is 6.36. The number of sulfonamides is 1. The van der Waals surface area contributed by atoms with Crippen LogP contribution in [0.15, 0.2) is 21.7 Å². The number of aliphatic hydroxyl groups excluding tert-OH is 1. The molecule has 3 N–H and O–H groups in total. The van der Waals surface area contributed by atoms with Gasteiger partial charge in [0.2, 0.25) is 15.9 Å². The molecule has 0 saturated heterocycles. The molecule has 0 bridgehead atoms. The Morgan fingerprint density at radius 1 is 1.43 bits per heavy atom. The number of carbonyl (C=O) groups excluding carboxylic acids is 1. The first-order valence-electron chi connectivity index (χ1n) is 6.95. The van der Waals surface area contributed by atoms with Crippen LogP contribution in [0.5, 0.6) is 0 Å². The lowest BCUT2D eigenvalue weighted by molar-refractivity contribution is -0.121. The lowest BCUT2D eigenvalue weighted by Crippen LogP contribution is -2.32. The summed E-state index contributed by atoms with van der Waals surface area (Å²) in [5.74, 6) is 0.150. The van der Waals surface area contributed by atoms with Crippen molar-refractivity contribution in [2.24, 2.45) is 5.92 Å². The number of carbonyl (C=O) groups is 1.